The van der Waals surface area contributed by atoms with Gasteiger partial charge in [-0.3, -0.25) is 4.79 Å². The van der Waals surface area contributed by atoms with E-state index in [2.05, 4.69) is 10.0 Å². The van der Waals surface area contributed by atoms with Crippen LogP contribution in [0, 0.1) is 0 Å². The number of amides is 1. The van der Waals surface area contributed by atoms with Crippen molar-refractivity contribution in [2.45, 2.75) is 51.2 Å². The van der Waals surface area contributed by atoms with Gasteiger partial charge in [-0.15, -0.1) is 0 Å². The Labute approximate surface area is 161 Å². The van der Waals surface area contributed by atoms with E-state index < -0.39 is 10.0 Å². The highest BCUT2D eigenvalue weighted by atomic mass is 32.2. The maximum atomic E-state index is 12.4. The molecule has 0 radical (unpaired) electrons. The normalized spacial score (nSPS) is 12.6. The van der Waals surface area contributed by atoms with Gasteiger partial charge in [0.15, 0.2) is 0 Å². The SMILES string of the molecule is CCC(C)NS(=O)(=O)c1ccc(NC(=O)c2cccc(OC(C)C)c2)cc1. The van der Waals surface area contributed by atoms with Crippen LogP contribution in [0.3, 0.4) is 0 Å². The van der Waals surface area contributed by atoms with Crippen LogP contribution < -0.4 is 14.8 Å². The summed E-state index contributed by atoms with van der Waals surface area (Å²) in [7, 11) is -3.57. The van der Waals surface area contributed by atoms with Gasteiger partial charge in [0.2, 0.25) is 10.0 Å². The highest BCUT2D eigenvalue weighted by Crippen LogP contribution is 2.18. The fraction of sp³-hybridized carbons (Fsp3) is 0.350. The van der Waals surface area contributed by atoms with Gasteiger partial charge in [0, 0.05) is 17.3 Å². The maximum absolute atomic E-state index is 12.4. The van der Waals surface area contributed by atoms with Crippen molar-refractivity contribution in [3.8, 4) is 5.75 Å². The van der Waals surface area contributed by atoms with E-state index in [0.29, 0.717) is 23.4 Å². The minimum atomic E-state index is -3.57. The zero-order valence-electron chi connectivity index (χ0n) is 16.0. The zero-order valence-corrected chi connectivity index (χ0v) is 16.8. The Hall–Kier alpha value is -2.38. The van der Waals surface area contributed by atoms with Crippen molar-refractivity contribution in [3.05, 3.63) is 54.1 Å². The second kappa shape index (κ2) is 9.01. The number of carbonyl (C=O) groups excluding carboxylic acids is 1. The molecule has 2 N–H and O–H groups in total. The number of hydrogen-bond donors (Lipinski definition) is 2. The number of ether oxygens (including phenoxy) is 1. The minimum Gasteiger partial charge on any atom is -0.491 e. The van der Waals surface area contributed by atoms with E-state index in [1.807, 2.05) is 27.7 Å². The van der Waals surface area contributed by atoms with Crippen LogP contribution in [0.5, 0.6) is 5.75 Å². The van der Waals surface area contributed by atoms with Gasteiger partial charge in [-0.1, -0.05) is 13.0 Å². The number of rotatable bonds is 8. The standard InChI is InChI=1S/C20H26N2O4S/c1-5-15(4)22-27(24,25)19-11-9-17(10-12-19)21-20(23)16-7-6-8-18(13-16)26-14(2)3/h6-15,22H,5H2,1-4H3,(H,21,23). The second-order valence-corrected chi connectivity index (χ2v) is 8.32. The fourth-order valence-corrected chi connectivity index (χ4v) is 3.65. The zero-order chi connectivity index (χ0) is 20.0. The number of benzene rings is 2. The molecule has 0 fully saturated rings. The molecule has 2 aromatic rings. The first-order valence-corrected chi connectivity index (χ1v) is 10.4. The lowest BCUT2D eigenvalue weighted by Gasteiger charge is -2.13. The van der Waals surface area contributed by atoms with Gasteiger partial charge < -0.3 is 10.1 Å². The van der Waals surface area contributed by atoms with Crippen molar-refractivity contribution >= 4 is 21.6 Å². The molecule has 0 saturated heterocycles. The Morgan fingerprint density at radius 2 is 1.74 bits per heavy atom. The molecule has 2 rings (SSSR count). The number of sulfonamides is 1. The van der Waals surface area contributed by atoms with Crippen molar-refractivity contribution in [3.63, 3.8) is 0 Å². The van der Waals surface area contributed by atoms with Crippen molar-refractivity contribution in [1.29, 1.82) is 0 Å². The van der Waals surface area contributed by atoms with E-state index in [0.717, 1.165) is 0 Å². The molecular weight excluding hydrogens is 364 g/mol. The van der Waals surface area contributed by atoms with E-state index in [9.17, 15) is 13.2 Å². The van der Waals surface area contributed by atoms with Crippen LogP contribution in [0.4, 0.5) is 5.69 Å². The van der Waals surface area contributed by atoms with Crippen LogP contribution in [0.1, 0.15) is 44.5 Å². The van der Waals surface area contributed by atoms with E-state index in [1.54, 1.807) is 36.4 Å². The summed E-state index contributed by atoms with van der Waals surface area (Å²) < 4.78 is 32.7. The fourth-order valence-electron chi connectivity index (χ4n) is 2.32. The van der Waals surface area contributed by atoms with E-state index in [1.165, 1.54) is 12.1 Å². The van der Waals surface area contributed by atoms with Crippen LogP contribution in [-0.4, -0.2) is 26.5 Å². The van der Waals surface area contributed by atoms with Crippen LogP contribution >= 0.6 is 0 Å². The molecular formula is C20H26N2O4S. The average Bonchev–Trinajstić information content (AvgIpc) is 2.61. The number of hydrogen-bond acceptors (Lipinski definition) is 4. The molecule has 0 aliphatic rings. The Morgan fingerprint density at radius 1 is 1.07 bits per heavy atom. The first-order chi connectivity index (χ1) is 12.7. The summed E-state index contributed by atoms with van der Waals surface area (Å²) in [5, 5.41) is 2.76. The molecule has 0 spiro atoms. The first kappa shape index (κ1) is 20.9. The molecule has 2 aromatic carbocycles. The third kappa shape index (κ3) is 6.08. The lowest BCUT2D eigenvalue weighted by Crippen LogP contribution is -2.31. The lowest BCUT2D eigenvalue weighted by atomic mass is 10.2. The minimum absolute atomic E-state index is 0.0156. The van der Waals surface area contributed by atoms with Crippen LogP contribution in [-0.2, 0) is 10.0 Å². The van der Waals surface area contributed by atoms with Gasteiger partial charge in [0.05, 0.1) is 11.0 Å². The summed E-state index contributed by atoms with van der Waals surface area (Å²) in [6.07, 6.45) is 0.717. The van der Waals surface area contributed by atoms with Crippen molar-refractivity contribution in [1.82, 2.24) is 4.72 Å². The number of nitrogens with one attached hydrogen (secondary N) is 2. The molecule has 1 atom stereocenters. The summed E-state index contributed by atoms with van der Waals surface area (Å²) in [6.45, 7) is 7.55. The highest BCUT2D eigenvalue weighted by Gasteiger charge is 2.16. The number of anilines is 1. The van der Waals surface area contributed by atoms with Crippen molar-refractivity contribution in [2.24, 2.45) is 0 Å². The predicted octanol–water partition coefficient (Wildman–Crippen LogP) is 3.80. The third-order valence-corrected chi connectivity index (χ3v) is 5.46. The van der Waals surface area contributed by atoms with E-state index in [4.69, 9.17) is 4.74 Å². The largest absolute Gasteiger partial charge is 0.491 e. The van der Waals surface area contributed by atoms with Gasteiger partial charge in [0.25, 0.3) is 5.91 Å². The third-order valence-electron chi connectivity index (χ3n) is 3.86. The molecule has 0 bridgehead atoms. The van der Waals surface area contributed by atoms with Crippen LogP contribution in [0.25, 0.3) is 0 Å². The average molecular weight is 391 g/mol. The Balaban J connectivity index is 2.09. The smallest absolute Gasteiger partial charge is 0.255 e. The van der Waals surface area contributed by atoms with E-state index >= 15 is 0 Å². The van der Waals surface area contributed by atoms with Crippen molar-refractivity contribution in [2.75, 3.05) is 5.32 Å². The Morgan fingerprint density at radius 3 is 2.33 bits per heavy atom. The first-order valence-electron chi connectivity index (χ1n) is 8.91. The topological polar surface area (TPSA) is 84.5 Å². The van der Waals surface area contributed by atoms with Gasteiger partial charge in [0.1, 0.15) is 5.75 Å². The molecule has 0 saturated carbocycles. The van der Waals surface area contributed by atoms with Crippen LogP contribution in [0.2, 0.25) is 0 Å². The quantitative estimate of drug-likeness (QED) is 0.718. The maximum Gasteiger partial charge on any atom is 0.255 e. The molecule has 146 valence electrons. The molecule has 1 unspecified atom stereocenters. The molecule has 0 aromatic heterocycles. The molecule has 0 aliphatic heterocycles. The van der Waals surface area contributed by atoms with Gasteiger partial charge in [-0.2, -0.15) is 0 Å². The predicted molar refractivity (Wildman–Crippen MR) is 107 cm³/mol. The van der Waals surface area contributed by atoms with Gasteiger partial charge in [-0.05, 0) is 69.7 Å². The van der Waals surface area contributed by atoms with Gasteiger partial charge >= 0.3 is 0 Å². The molecule has 6 nitrogen and oxygen atoms in total. The Kier molecular flexibility index (Phi) is 6.98. The molecule has 1 amide bonds. The lowest BCUT2D eigenvalue weighted by molar-refractivity contribution is 0.102. The van der Waals surface area contributed by atoms with Crippen LogP contribution in [0.15, 0.2) is 53.4 Å². The summed E-state index contributed by atoms with van der Waals surface area (Å²) in [4.78, 5) is 12.6. The summed E-state index contributed by atoms with van der Waals surface area (Å²) >= 11 is 0. The Bertz CT molecular complexity index is 877. The molecule has 27 heavy (non-hydrogen) atoms. The summed E-state index contributed by atoms with van der Waals surface area (Å²) in [6, 6.07) is 12.8. The highest BCUT2D eigenvalue weighted by molar-refractivity contribution is 7.89. The second-order valence-electron chi connectivity index (χ2n) is 6.60. The van der Waals surface area contributed by atoms with E-state index in [-0.39, 0.29) is 22.9 Å². The summed E-state index contributed by atoms with van der Waals surface area (Å²) in [5.74, 6) is 0.327. The molecule has 7 heteroatoms. The monoisotopic (exact) mass is 390 g/mol. The summed E-state index contributed by atoms with van der Waals surface area (Å²) in [5.41, 5.74) is 0.973. The molecule has 0 heterocycles. The molecule has 0 aliphatic carbocycles. The van der Waals surface area contributed by atoms with Crippen molar-refractivity contribution < 1.29 is 17.9 Å². The number of carbonyl (C=O) groups is 1. The van der Waals surface area contributed by atoms with Gasteiger partial charge in [-0.25, -0.2) is 13.1 Å².